The lowest BCUT2D eigenvalue weighted by atomic mass is 9.88. The van der Waals surface area contributed by atoms with Gasteiger partial charge in [-0.05, 0) is 30.5 Å². The van der Waals surface area contributed by atoms with Crippen LogP contribution in [0.25, 0.3) is 0 Å². The molecule has 0 bridgehead atoms. The van der Waals surface area contributed by atoms with Gasteiger partial charge in [0.1, 0.15) is 0 Å². The Kier molecular flexibility index (Phi) is 3.34. The summed E-state index contributed by atoms with van der Waals surface area (Å²) in [4.78, 5) is 21.8. The number of hydrogen-bond donors (Lipinski definition) is 4. The molecule has 5 N–H and O–H groups in total. The summed E-state index contributed by atoms with van der Waals surface area (Å²) >= 11 is 0. The highest BCUT2D eigenvalue weighted by atomic mass is 19.3. The molecule has 1 aromatic rings. The summed E-state index contributed by atoms with van der Waals surface area (Å²) < 4.78 is 28.2. The van der Waals surface area contributed by atoms with Crippen LogP contribution in [0, 0.1) is 0 Å². The lowest BCUT2D eigenvalue weighted by molar-refractivity contribution is -0.151. The quantitative estimate of drug-likeness (QED) is 0.381. The second kappa shape index (κ2) is 4.71. The maximum Gasteiger partial charge on any atom is 0.409 e. The lowest BCUT2D eigenvalue weighted by Gasteiger charge is -2.25. The van der Waals surface area contributed by atoms with Gasteiger partial charge in [-0.3, -0.25) is 15.5 Å². The predicted octanol–water partition coefficient (Wildman–Crippen LogP) is 1.43. The van der Waals surface area contributed by atoms with Crippen molar-refractivity contribution in [2.45, 2.75) is 24.2 Å². The zero-order chi connectivity index (χ0) is 15.0. The number of amides is 2. The van der Waals surface area contributed by atoms with E-state index in [0.717, 1.165) is 0 Å². The minimum Gasteiger partial charge on any atom is -0.465 e. The molecule has 2 rings (SSSR count). The Hall–Kier alpha value is -2.22. The molecule has 0 aromatic heterocycles. The molecule has 0 atom stereocenters. The molecule has 8 heteroatoms. The molecule has 6 nitrogen and oxygen atoms in total. The van der Waals surface area contributed by atoms with E-state index in [1.54, 1.807) is 0 Å². The lowest BCUT2D eigenvalue weighted by Crippen LogP contribution is -2.50. The number of halogens is 2. The normalized spacial score (nSPS) is 16.4. The van der Waals surface area contributed by atoms with Crippen LogP contribution in [0.4, 0.5) is 19.3 Å². The number of carboxylic acid groups (broad SMARTS) is 1. The standard InChI is InChI=1S/C12H13F2N3O3/c13-12(14,9(18)17-15)11(4-5-11)7-2-1-3-8(6-7)16-10(19)20/h1-3,6,16H,4-5,15H2,(H,17,18)(H,19,20). The van der Waals surface area contributed by atoms with Crippen molar-refractivity contribution in [1.82, 2.24) is 5.43 Å². The Morgan fingerprint density at radius 3 is 2.50 bits per heavy atom. The predicted molar refractivity (Wildman–Crippen MR) is 66.3 cm³/mol. The number of carbonyl (C=O) groups is 2. The molecule has 1 aliphatic carbocycles. The molecule has 1 fully saturated rings. The molecule has 20 heavy (non-hydrogen) atoms. The summed E-state index contributed by atoms with van der Waals surface area (Å²) in [7, 11) is 0. The summed E-state index contributed by atoms with van der Waals surface area (Å²) in [6, 6.07) is 5.64. The van der Waals surface area contributed by atoms with Crippen LogP contribution in [0.3, 0.4) is 0 Å². The number of benzene rings is 1. The van der Waals surface area contributed by atoms with Crippen molar-refractivity contribution >= 4 is 17.7 Å². The van der Waals surface area contributed by atoms with Gasteiger partial charge < -0.3 is 5.11 Å². The van der Waals surface area contributed by atoms with Crippen molar-refractivity contribution in [3.05, 3.63) is 29.8 Å². The van der Waals surface area contributed by atoms with E-state index in [1.807, 2.05) is 0 Å². The van der Waals surface area contributed by atoms with E-state index >= 15 is 0 Å². The summed E-state index contributed by atoms with van der Waals surface area (Å²) in [6.45, 7) is 0. The molecule has 0 radical (unpaired) electrons. The van der Waals surface area contributed by atoms with Crippen LogP contribution >= 0.6 is 0 Å². The van der Waals surface area contributed by atoms with E-state index in [4.69, 9.17) is 10.9 Å². The number of rotatable bonds is 4. The molecule has 1 aliphatic rings. The van der Waals surface area contributed by atoms with Crippen LogP contribution in [0.15, 0.2) is 24.3 Å². The molecule has 0 saturated heterocycles. The average molecular weight is 285 g/mol. The summed E-state index contributed by atoms with van der Waals surface area (Å²) in [6.07, 6.45) is -1.04. The van der Waals surface area contributed by atoms with Crippen molar-refractivity contribution in [3.63, 3.8) is 0 Å². The first kappa shape index (κ1) is 14.2. The van der Waals surface area contributed by atoms with Gasteiger partial charge in [-0.15, -0.1) is 0 Å². The second-order valence-corrected chi connectivity index (χ2v) is 4.64. The highest BCUT2D eigenvalue weighted by Crippen LogP contribution is 2.58. The first-order valence-electron chi connectivity index (χ1n) is 5.83. The number of nitrogens with two attached hydrogens (primary N) is 1. The fraction of sp³-hybridized carbons (Fsp3) is 0.333. The van der Waals surface area contributed by atoms with Crippen LogP contribution in [0.1, 0.15) is 18.4 Å². The zero-order valence-corrected chi connectivity index (χ0v) is 10.3. The van der Waals surface area contributed by atoms with Crippen molar-refractivity contribution < 1.29 is 23.5 Å². The van der Waals surface area contributed by atoms with Crippen molar-refractivity contribution in [1.29, 1.82) is 0 Å². The van der Waals surface area contributed by atoms with Crippen LogP contribution in [-0.2, 0) is 10.2 Å². The molecule has 1 aromatic carbocycles. The second-order valence-electron chi connectivity index (χ2n) is 4.64. The van der Waals surface area contributed by atoms with Gasteiger partial charge in [-0.1, -0.05) is 12.1 Å². The third kappa shape index (κ3) is 2.18. The number of anilines is 1. The number of nitrogens with one attached hydrogen (secondary N) is 2. The van der Waals surface area contributed by atoms with Gasteiger partial charge in [-0.2, -0.15) is 8.78 Å². The smallest absolute Gasteiger partial charge is 0.409 e. The molecule has 0 spiro atoms. The Morgan fingerprint density at radius 2 is 2.00 bits per heavy atom. The molecular weight excluding hydrogens is 272 g/mol. The van der Waals surface area contributed by atoms with E-state index in [-0.39, 0.29) is 24.1 Å². The molecule has 0 unspecified atom stereocenters. The van der Waals surface area contributed by atoms with Crippen molar-refractivity contribution in [2.75, 3.05) is 5.32 Å². The minimum absolute atomic E-state index is 0.129. The Balaban J connectivity index is 2.36. The van der Waals surface area contributed by atoms with Gasteiger partial charge in [0.2, 0.25) is 0 Å². The van der Waals surface area contributed by atoms with Gasteiger partial charge in [0.15, 0.2) is 0 Å². The monoisotopic (exact) mass is 285 g/mol. The number of hydrazine groups is 1. The third-order valence-corrected chi connectivity index (χ3v) is 3.43. The maximum atomic E-state index is 14.1. The van der Waals surface area contributed by atoms with Gasteiger partial charge >= 0.3 is 17.9 Å². The fourth-order valence-electron chi connectivity index (χ4n) is 2.23. The largest absolute Gasteiger partial charge is 0.465 e. The molecule has 0 heterocycles. The van der Waals surface area contributed by atoms with E-state index < -0.39 is 23.3 Å². The topological polar surface area (TPSA) is 104 Å². The first-order chi connectivity index (χ1) is 9.33. The summed E-state index contributed by atoms with van der Waals surface area (Å²) in [5, 5.41) is 10.7. The molecular formula is C12H13F2N3O3. The molecule has 108 valence electrons. The summed E-state index contributed by atoms with van der Waals surface area (Å²) in [5.41, 5.74) is 0.228. The van der Waals surface area contributed by atoms with Gasteiger partial charge in [0, 0.05) is 5.69 Å². The SMILES string of the molecule is NNC(=O)C(F)(F)C1(c2cccc(NC(=O)O)c2)CC1. The van der Waals surface area contributed by atoms with Gasteiger partial charge in [0.05, 0.1) is 5.41 Å². The van der Waals surface area contributed by atoms with Crippen molar-refractivity contribution in [3.8, 4) is 0 Å². The molecule has 0 aliphatic heterocycles. The highest BCUT2D eigenvalue weighted by molar-refractivity contribution is 5.86. The van der Waals surface area contributed by atoms with Crippen LogP contribution in [0.2, 0.25) is 0 Å². The van der Waals surface area contributed by atoms with Crippen LogP contribution in [0.5, 0.6) is 0 Å². The fourth-order valence-corrected chi connectivity index (χ4v) is 2.23. The Bertz CT molecular complexity index is 559. The van der Waals surface area contributed by atoms with E-state index in [9.17, 15) is 18.4 Å². The minimum atomic E-state index is -3.65. The highest BCUT2D eigenvalue weighted by Gasteiger charge is 2.66. The zero-order valence-electron chi connectivity index (χ0n) is 10.3. The summed E-state index contributed by atoms with van der Waals surface area (Å²) in [5.74, 6) is -0.412. The average Bonchev–Trinajstić information content (AvgIpc) is 3.19. The van der Waals surface area contributed by atoms with Crippen LogP contribution < -0.4 is 16.6 Å². The Morgan fingerprint density at radius 1 is 1.35 bits per heavy atom. The number of alkyl halides is 2. The van der Waals surface area contributed by atoms with Gasteiger partial charge in [0.25, 0.3) is 0 Å². The van der Waals surface area contributed by atoms with E-state index in [2.05, 4.69) is 5.32 Å². The maximum absolute atomic E-state index is 14.1. The van der Waals surface area contributed by atoms with Crippen LogP contribution in [-0.4, -0.2) is 23.0 Å². The van der Waals surface area contributed by atoms with E-state index in [1.165, 1.54) is 29.7 Å². The number of carbonyl (C=O) groups excluding carboxylic acids is 1. The molecule has 1 saturated carbocycles. The first-order valence-corrected chi connectivity index (χ1v) is 5.83. The molecule has 2 amide bonds. The van der Waals surface area contributed by atoms with E-state index in [0.29, 0.717) is 0 Å². The third-order valence-electron chi connectivity index (χ3n) is 3.43. The van der Waals surface area contributed by atoms with Gasteiger partial charge in [-0.25, -0.2) is 10.6 Å². The number of hydrogen-bond acceptors (Lipinski definition) is 3. The van der Waals surface area contributed by atoms with Crippen molar-refractivity contribution in [2.24, 2.45) is 5.84 Å². The Labute approximate surface area is 112 Å².